The number of rotatable bonds is 5. The van der Waals surface area contributed by atoms with Crippen LogP contribution in [0.1, 0.15) is 13.3 Å². The minimum Gasteiger partial charge on any atom is -0.381 e. The maximum Gasteiger partial charge on any atom is 0.258 e. The molecule has 1 atom stereocenters. The summed E-state index contributed by atoms with van der Waals surface area (Å²) in [7, 11) is 0. The van der Waals surface area contributed by atoms with Gasteiger partial charge in [0.1, 0.15) is 0 Å². The van der Waals surface area contributed by atoms with Gasteiger partial charge in [-0.2, -0.15) is 0 Å². The smallest absolute Gasteiger partial charge is 0.258 e. The van der Waals surface area contributed by atoms with Crippen LogP contribution in [0.3, 0.4) is 0 Å². The molecule has 1 saturated heterocycles. The summed E-state index contributed by atoms with van der Waals surface area (Å²) in [6.45, 7) is 5.75. The number of halogens is 2. The van der Waals surface area contributed by atoms with Crippen LogP contribution in [0.4, 0.5) is 8.78 Å². The third-order valence-electron chi connectivity index (χ3n) is 3.42. The number of nitrogens with zero attached hydrogens (tertiary/aromatic N) is 1. The van der Waals surface area contributed by atoms with Gasteiger partial charge < -0.3 is 9.47 Å². The Morgan fingerprint density at radius 1 is 1.31 bits per heavy atom. The van der Waals surface area contributed by atoms with Crippen LogP contribution in [0.25, 0.3) is 0 Å². The van der Waals surface area contributed by atoms with Gasteiger partial charge >= 0.3 is 0 Å². The second-order valence-corrected chi connectivity index (χ2v) is 4.69. The van der Waals surface area contributed by atoms with Crippen LogP contribution in [-0.4, -0.2) is 56.9 Å². The Labute approximate surface area is 94.7 Å². The van der Waals surface area contributed by atoms with Crippen molar-refractivity contribution in [1.82, 2.24) is 4.90 Å². The first-order valence-corrected chi connectivity index (χ1v) is 5.85. The fourth-order valence-electron chi connectivity index (χ4n) is 2.24. The SMILES string of the molecule is CCOCC1(CN2CCOCC2)CC1(F)F. The molecule has 0 amide bonds. The molecule has 0 spiro atoms. The average molecular weight is 235 g/mol. The van der Waals surface area contributed by atoms with Crippen molar-refractivity contribution in [2.75, 3.05) is 46.1 Å². The highest BCUT2D eigenvalue weighted by atomic mass is 19.3. The zero-order valence-corrected chi connectivity index (χ0v) is 9.68. The van der Waals surface area contributed by atoms with Gasteiger partial charge in [0, 0.05) is 32.7 Å². The van der Waals surface area contributed by atoms with E-state index >= 15 is 0 Å². The summed E-state index contributed by atoms with van der Waals surface area (Å²) in [5.74, 6) is -2.54. The number of ether oxygens (including phenoxy) is 2. The summed E-state index contributed by atoms with van der Waals surface area (Å²) in [5.41, 5.74) is -0.930. The summed E-state index contributed by atoms with van der Waals surface area (Å²) < 4.78 is 37.2. The molecule has 0 aromatic carbocycles. The van der Waals surface area contributed by atoms with Crippen LogP contribution in [0, 0.1) is 5.41 Å². The van der Waals surface area contributed by atoms with E-state index in [2.05, 4.69) is 4.90 Å². The zero-order chi connectivity index (χ0) is 11.6. The zero-order valence-electron chi connectivity index (χ0n) is 9.68. The molecule has 0 bridgehead atoms. The third-order valence-corrected chi connectivity index (χ3v) is 3.42. The van der Waals surface area contributed by atoms with Gasteiger partial charge in [0.2, 0.25) is 0 Å². The molecule has 94 valence electrons. The number of hydrogen-bond acceptors (Lipinski definition) is 3. The Balaban J connectivity index is 1.88. The predicted octanol–water partition coefficient (Wildman–Crippen LogP) is 1.38. The molecule has 0 aromatic rings. The Morgan fingerprint density at radius 3 is 2.44 bits per heavy atom. The van der Waals surface area contributed by atoms with E-state index in [1.807, 2.05) is 6.92 Å². The fraction of sp³-hybridized carbons (Fsp3) is 1.00. The molecular formula is C11H19F2NO2. The summed E-state index contributed by atoms with van der Waals surface area (Å²) >= 11 is 0. The van der Waals surface area contributed by atoms with Gasteiger partial charge in [-0.05, 0) is 6.92 Å². The largest absolute Gasteiger partial charge is 0.381 e. The number of hydrogen-bond donors (Lipinski definition) is 0. The molecule has 5 heteroatoms. The van der Waals surface area contributed by atoms with E-state index in [0.717, 1.165) is 13.1 Å². The lowest BCUT2D eigenvalue weighted by Gasteiger charge is -2.30. The lowest BCUT2D eigenvalue weighted by atomic mass is 10.1. The number of morpholine rings is 1. The molecule has 1 aliphatic heterocycles. The van der Waals surface area contributed by atoms with Gasteiger partial charge in [-0.15, -0.1) is 0 Å². The van der Waals surface area contributed by atoms with E-state index in [1.165, 1.54) is 0 Å². The van der Waals surface area contributed by atoms with Gasteiger partial charge in [0.05, 0.1) is 25.2 Å². The van der Waals surface area contributed by atoms with E-state index in [9.17, 15) is 8.78 Å². The molecule has 2 fully saturated rings. The van der Waals surface area contributed by atoms with Crippen LogP contribution in [0.5, 0.6) is 0 Å². The van der Waals surface area contributed by atoms with Crippen LogP contribution in [-0.2, 0) is 9.47 Å². The Hall–Kier alpha value is -0.260. The van der Waals surface area contributed by atoms with E-state index in [4.69, 9.17) is 9.47 Å². The van der Waals surface area contributed by atoms with Crippen molar-refractivity contribution in [3.05, 3.63) is 0 Å². The molecule has 2 rings (SSSR count). The second kappa shape index (κ2) is 4.55. The van der Waals surface area contributed by atoms with Crippen molar-refractivity contribution >= 4 is 0 Å². The summed E-state index contributed by atoms with van der Waals surface area (Å²) in [6.07, 6.45) is -0.0304. The average Bonchev–Trinajstić information content (AvgIpc) is 2.79. The minimum atomic E-state index is -2.54. The van der Waals surface area contributed by atoms with E-state index in [-0.39, 0.29) is 13.0 Å². The fourth-order valence-corrected chi connectivity index (χ4v) is 2.24. The quantitative estimate of drug-likeness (QED) is 0.718. The van der Waals surface area contributed by atoms with Gasteiger partial charge in [-0.25, -0.2) is 8.78 Å². The highest BCUT2D eigenvalue weighted by molar-refractivity contribution is 5.11. The van der Waals surface area contributed by atoms with Gasteiger partial charge in [0.25, 0.3) is 5.92 Å². The van der Waals surface area contributed by atoms with Gasteiger partial charge in [-0.3, -0.25) is 4.90 Å². The highest BCUT2D eigenvalue weighted by Crippen LogP contribution is 2.60. The van der Waals surface area contributed by atoms with Crippen molar-refractivity contribution in [3.8, 4) is 0 Å². The lowest BCUT2D eigenvalue weighted by Crippen LogP contribution is -2.42. The molecule has 0 radical (unpaired) electrons. The summed E-state index contributed by atoms with van der Waals surface area (Å²) in [6, 6.07) is 0. The van der Waals surface area contributed by atoms with Crippen LogP contribution in [0.2, 0.25) is 0 Å². The highest BCUT2D eigenvalue weighted by Gasteiger charge is 2.71. The second-order valence-electron chi connectivity index (χ2n) is 4.69. The van der Waals surface area contributed by atoms with Crippen LogP contribution < -0.4 is 0 Å². The van der Waals surface area contributed by atoms with Crippen LogP contribution in [0.15, 0.2) is 0 Å². The normalized spacial score (nSPS) is 33.9. The van der Waals surface area contributed by atoms with E-state index in [1.54, 1.807) is 0 Å². The summed E-state index contributed by atoms with van der Waals surface area (Å²) in [4.78, 5) is 2.06. The first kappa shape index (κ1) is 12.2. The summed E-state index contributed by atoms with van der Waals surface area (Å²) in [5, 5.41) is 0. The Kier molecular flexibility index (Phi) is 3.47. The molecule has 3 nitrogen and oxygen atoms in total. The molecule has 1 saturated carbocycles. The Bertz CT molecular complexity index is 244. The predicted molar refractivity (Wildman–Crippen MR) is 55.7 cm³/mol. The minimum absolute atomic E-state index is 0.0304. The molecule has 1 aliphatic carbocycles. The molecule has 1 unspecified atom stereocenters. The number of alkyl halides is 2. The van der Waals surface area contributed by atoms with Crippen LogP contribution >= 0.6 is 0 Å². The first-order valence-electron chi connectivity index (χ1n) is 5.85. The topological polar surface area (TPSA) is 21.7 Å². The molecule has 16 heavy (non-hydrogen) atoms. The van der Waals surface area contributed by atoms with E-state index < -0.39 is 11.3 Å². The lowest BCUT2D eigenvalue weighted by molar-refractivity contribution is -0.0260. The Morgan fingerprint density at radius 2 is 1.94 bits per heavy atom. The third kappa shape index (κ3) is 2.36. The van der Waals surface area contributed by atoms with Crippen molar-refractivity contribution in [1.29, 1.82) is 0 Å². The molecular weight excluding hydrogens is 216 g/mol. The van der Waals surface area contributed by atoms with Gasteiger partial charge in [-0.1, -0.05) is 0 Å². The van der Waals surface area contributed by atoms with Crippen molar-refractivity contribution in [2.24, 2.45) is 5.41 Å². The molecule has 1 heterocycles. The van der Waals surface area contributed by atoms with Crippen molar-refractivity contribution in [2.45, 2.75) is 19.3 Å². The maximum absolute atomic E-state index is 13.4. The maximum atomic E-state index is 13.4. The molecule has 2 aliphatic rings. The standard InChI is InChI=1S/C11H19F2NO2/c1-2-15-9-10(7-11(10,12)13)8-14-3-5-16-6-4-14/h2-9H2,1H3. The van der Waals surface area contributed by atoms with Crippen molar-refractivity contribution in [3.63, 3.8) is 0 Å². The van der Waals surface area contributed by atoms with E-state index in [0.29, 0.717) is 26.4 Å². The molecule has 0 N–H and O–H groups in total. The molecule has 0 aromatic heterocycles. The monoisotopic (exact) mass is 235 g/mol. The van der Waals surface area contributed by atoms with Gasteiger partial charge in [0.15, 0.2) is 0 Å². The first-order chi connectivity index (χ1) is 7.60. The van der Waals surface area contributed by atoms with Crippen molar-refractivity contribution < 1.29 is 18.3 Å².